The third-order valence-electron chi connectivity index (χ3n) is 6.96. The second kappa shape index (κ2) is 12.6. The monoisotopic (exact) mass is 496 g/mol. The predicted molar refractivity (Wildman–Crippen MR) is 132 cm³/mol. The van der Waals surface area contributed by atoms with Crippen molar-refractivity contribution in [3.8, 4) is 0 Å². The van der Waals surface area contributed by atoms with Gasteiger partial charge >= 0.3 is 5.97 Å². The Kier molecular flexibility index (Phi) is 10.5. The van der Waals surface area contributed by atoms with E-state index >= 15 is 0 Å². The number of amides is 2. The molecule has 0 saturated carbocycles. The van der Waals surface area contributed by atoms with Gasteiger partial charge in [-0.3, -0.25) is 14.5 Å². The van der Waals surface area contributed by atoms with Gasteiger partial charge in [0, 0.05) is 24.9 Å². The third-order valence-corrected chi connectivity index (χ3v) is 7.90. The first kappa shape index (κ1) is 28.2. The summed E-state index contributed by atoms with van der Waals surface area (Å²) in [6.45, 7) is 8.77. The Labute approximate surface area is 206 Å². The van der Waals surface area contributed by atoms with E-state index in [1.165, 1.54) is 5.38 Å². The number of aliphatic hydroxyl groups is 1. The zero-order chi connectivity index (χ0) is 25.6. The van der Waals surface area contributed by atoms with E-state index in [0.29, 0.717) is 5.01 Å². The van der Waals surface area contributed by atoms with Gasteiger partial charge in [0.2, 0.25) is 11.8 Å². The number of aromatic carboxylic acids is 1. The average molecular weight is 497 g/mol. The lowest BCUT2D eigenvalue weighted by molar-refractivity contribution is -0.141. The molecule has 5 atom stereocenters. The fraction of sp³-hybridized carbons (Fsp3) is 0.750. The molecule has 1 fully saturated rings. The van der Waals surface area contributed by atoms with Crippen LogP contribution in [0.2, 0.25) is 0 Å². The van der Waals surface area contributed by atoms with E-state index in [9.17, 15) is 19.5 Å². The number of piperidine rings is 1. The van der Waals surface area contributed by atoms with Gasteiger partial charge in [0.1, 0.15) is 17.2 Å². The topological polar surface area (TPSA) is 123 Å². The van der Waals surface area contributed by atoms with Crippen LogP contribution in [0.25, 0.3) is 0 Å². The third kappa shape index (κ3) is 6.99. The number of rotatable bonds is 11. The average Bonchev–Trinajstić information content (AvgIpc) is 3.30. The van der Waals surface area contributed by atoms with Crippen LogP contribution in [-0.4, -0.2) is 81.5 Å². The number of thiazole rings is 1. The van der Waals surface area contributed by atoms with Crippen LogP contribution in [0.15, 0.2) is 5.38 Å². The fourth-order valence-corrected chi connectivity index (χ4v) is 5.26. The van der Waals surface area contributed by atoms with E-state index in [4.69, 9.17) is 5.11 Å². The minimum atomic E-state index is -1.14. The Hall–Kier alpha value is -2.04. The number of nitrogens with one attached hydrogen (secondary N) is 1. The summed E-state index contributed by atoms with van der Waals surface area (Å²) in [6.07, 6.45) is 2.82. The smallest absolute Gasteiger partial charge is 0.355 e. The van der Waals surface area contributed by atoms with Crippen LogP contribution in [0.1, 0.15) is 81.4 Å². The first-order valence-corrected chi connectivity index (χ1v) is 13.0. The number of carbonyl (C=O) groups excluding carboxylic acids is 2. The molecule has 34 heavy (non-hydrogen) atoms. The van der Waals surface area contributed by atoms with Crippen LogP contribution in [-0.2, 0) is 9.59 Å². The Morgan fingerprint density at radius 2 is 1.97 bits per heavy atom. The van der Waals surface area contributed by atoms with E-state index < -0.39 is 18.1 Å². The van der Waals surface area contributed by atoms with Gasteiger partial charge in [0.25, 0.3) is 0 Å². The second-order valence-electron chi connectivity index (χ2n) is 9.75. The lowest BCUT2D eigenvalue weighted by Gasteiger charge is -2.38. The van der Waals surface area contributed by atoms with Gasteiger partial charge < -0.3 is 20.4 Å². The summed E-state index contributed by atoms with van der Waals surface area (Å²) < 4.78 is 0. The summed E-state index contributed by atoms with van der Waals surface area (Å²) in [4.78, 5) is 45.5. The van der Waals surface area contributed by atoms with Gasteiger partial charge in [-0.05, 0) is 38.3 Å². The van der Waals surface area contributed by atoms with Crippen molar-refractivity contribution < 1.29 is 24.6 Å². The number of likely N-dealkylation sites (N-methyl/N-ethyl adjacent to an activating group) is 2. The highest BCUT2D eigenvalue weighted by atomic mass is 32.1. The molecule has 1 aliphatic heterocycles. The highest BCUT2D eigenvalue weighted by Gasteiger charge is 2.36. The summed E-state index contributed by atoms with van der Waals surface area (Å²) >= 11 is 1.09. The highest BCUT2D eigenvalue weighted by Crippen LogP contribution is 2.28. The maximum Gasteiger partial charge on any atom is 0.355 e. The molecule has 0 spiro atoms. The quantitative estimate of drug-likeness (QED) is 0.430. The van der Waals surface area contributed by atoms with Crippen molar-refractivity contribution in [3.63, 3.8) is 0 Å². The van der Waals surface area contributed by atoms with Crippen LogP contribution in [0.5, 0.6) is 0 Å². The van der Waals surface area contributed by atoms with Gasteiger partial charge in [-0.1, -0.05) is 40.5 Å². The summed E-state index contributed by atoms with van der Waals surface area (Å²) in [7, 11) is 3.65. The number of carboxylic acids is 1. The fourth-order valence-electron chi connectivity index (χ4n) is 4.47. The Bertz CT molecular complexity index is 845. The molecule has 0 aromatic carbocycles. The van der Waals surface area contributed by atoms with E-state index in [1.807, 2.05) is 39.6 Å². The van der Waals surface area contributed by atoms with Crippen molar-refractivity contribution in [2.75, 3.05) is 20.6 Å². The van der Waals surface area contributed by atoms with Crippen LogP contribution < -0.4 is 5.32 Å². The zero-order valence-corrected chi connectivity index (χ0v) is 22.0. The molecule has 0 bridgehead atoms. The molecular weight excluding hydrogens is 456 g/mol. The maximum atomic E-state index is 13.6. The molecule has 2 rings (SSSR count). The number of hydrogen-bond acceptors (Lipinski definition) is 7. The minimum absolute atomic E-state index is 0.0280. The summed E-state index contributed by atoms with van der Waals surface area (Å²) in [5, 5.41) is 24.6. The van der Waals surface area contributed by atoms with Gasteiger partial charge in [-0.2, -0.15) is 0 Å². The normalized spacial score (nSPS) is 20.4. The van der Waals surface area contributed by atoms with Crippen molar-refractivity contribution in [2.24, 2.45) is 11.8 Å². The second-order valence-corrected chi connectivity index (χ2v) is 10.6. The Morgan fingerprint density at radius 3 is 2.50 bits per heavy atom. The van der Waals surface area contributed by atoms with E-state index in [0.717, 1.165) is 43.6 Å². The number of likely N-dealkylation sites (tertiary alicyclic amines) is 1. The molecule has 3 N–H and O–H groups in total. The molecule has 192 valence electrons. The van der Waals surface area contributed by atoms with Crippen molar-refractivity contribution in [1.82, 2.24) is 20.1 Å². The van der Waals surface area contributed by atoms with Gasteiger partial charge in [-0.25, -0.2) is 9.78 Å². The molecule has 0 radical (unpaired) electrons. The molecule has 2 heterocycles. The van der Waals surface area contributed by atoms with Crippen molar-refractivity contribution in [1.29, 1.82) is 0 Å². The van der Waals surface area contributed by atoms with E-state index in [-0.39, 0.29) is 47.8 Å². The standard InChI is InChI=1S/C24H40N4O5S/c1-7-15(4)20(26-21(30)17-10-8-9-11-27(17)5)23(31)28(6)18(14(2)3)12-19(29)22-25-16(13-34-22)24(32)33/h13-15,17-20,29H,7-12H2,1-6H3,(H,26,30)(H,32,33)/t15-,17+,18+,19?,20-/m0/s1. The molecule has 1 aliphatic rings. The zero-order valence-electron chi connectivity index (χ0n) is 21.2. The number of aromatic nitrogens is 1. The summed E-state index contributed by atoms with van der Waals surface area (Å²) in [5.74, 6) is -1.46. The first-order valence-electron chi connectivity index (χ1n) is 12.1. The number of aliphatic hydroxyl groups excluding tert-OH is 1. The molecular formula is C24H40N4O5S. The Balaban J connectivity index is 2.16. The van der Waals surface area contributed by atoms with Crippen molar-refractivity contribution in [2.45, 2.75) is 84.0 Å². The molecule has 0 aliphatic carbocycles. The summed E-state index contributed by atoms with van der Waals surface area (Å²) in [6, 6.07) is -1.20. The largest absolute Gasteiger partial charge is 0.476 e. The highest BCUT2D eigenvalue weighted by molar-refractivity contribution is 7.09. The van der Waals surface area contributed by atoms with Crippen LogP contribution in [0.4, 0.5) is 0 Å². The molecule has 9 nitrogen and oxygen atoms in total. The van der Waals surface area contributed by atoms with Gasteiger partial charge in [-0.15, -0.1) is 11.3 Å². The number of hydrogen-bond donors (Lipinski definition) is 3. The molecule has 10 heteroatoms. The molecule has 1 aromatic heterocycles. The van der Waals surface area contributed by atoms with Crippen LogP contribution in [0, 0.1) is 11.8 Å². The van der Waals surface area contributed by atoms with Crippen molar-refractivity contribution >= 4 is 29.1 Å². The number of carbonyl (C=O) groups is 3. The summed E-state index contributed by atoms with van der Waals surface area (Å²) in [5.41, 5.74) is -0.100. The van der Waals surface area contributed by atoms with Crippen LogP contribution >= 0.6 is 11.3 Å². The molecule has 1 unspecified atom stereocenters. The number of nitrogens with zero attached hydrogens (tertiary/aromatic N) is 3. The van der Waals surface area contributed by atoms with E-state index in [2.05, 4.69) is 10.3 Å². The predicted octanol–water partition coefficient (Wildman–Crippen LogP) is 2.76. The SMILES string of the molecule is CC[C@H](C)[C@H](NC(=O)[C@H]1CCCCN1C)C(=O)N(C)[C@H](CC(O)c1nc(C(=O)O)cs1)C(C)C. The van der Waals surface area contributed by atoms with E-state index in [1.54, 1.807) is 11.9 Å². The Morgan fingerprint density at radius 1 is 1.29 bits per heavy atom. The van der Waals surface area contributed by atoms with Crippen molar-refractivity contribution in [3.05, 3.63) is 16.1 Å². The minimum Gasteiger partial charge on any atom is -0.476 e. The lowest BCUT2D eigenvalue weighted by Crippen LogP contribution is -2.58. The van der Waals surface area contributed by atoms with Crippen LogP contribution in [0.3, 0.4) is 0 Å². The molecule has 1 saturated heterocycles. The molecule has 2 amide bonds. The first-order chi connectivity index (χ1) is 16.0. The van der Waals surface area contributed by atoms with Gasteiger partial charge in [0.05, 0.1) is 6.04 Å². The lowest BCUT2D eigenvalue weighted by atomic mass is 9.92. The number of carboxylic acid groups (broad SMARTS) is 1. The van der Waals surface area contributed by atoms with Gasteiger partial charge in [0.15, 0.2) is 5.69 Å². The molecule has 1 aromatic rings. The maximum absolute atomic E-state index is 13.6.